The lowest BCUT2D eigenvalue weighted by molar-refractivity contribution is -0.138. The Hall–Kier alpha value is -2.33. The van der Waals surface area contributed by atoms with Gasteiger partial charge in [-0.2, -0.15) is 23.5 Å². The van der Waals surface area contributed by atoms with Gasteiger partial charge in [0.05, 0.1) is 24.4 Å². The van der Waals surface area contributed by atoms with Crippen LogP contribution < -0.4 is 0 Å². The van der Waals surface area contributed by atoms with E-state index in [2.05, 4.69) is 5.10 Å². The highest BCUT2D eigenvalue weighted by Crippen LogP contribution is 2.35. The molecule has 7 heteroatoms. The van der Waals surface area contributed by atoms with Crippen LogP contribution in [0.2, 0.25) is 0 Å². The number of rotatable bonds is 3. The summed E-state index contributed by atoms with van der Waals surface area (Å²) in [5.74, 6) is 0. The van der Waals surface area contributed by atoms with E-state index in [1.165, 1.54) is 29.2 Å². The SMILES string of the molecule is N#CCn1cc(-c2ccc(CO)c(C(F)(F)F)c2)cn1. The second kappa shape index (κ2) is 5.35. The van der Waals surface area contributed by atoms with Crippen molar-refractivity contribution in [1.29, 1.82) is 5.26 Å². The van der Waals surface area contributed by atoms with Gasteiger partial charge in [0.15, 0.2) is 0 Å². The third-order valence-corrected chi connectivity index (χ3v) is 2.78. The topological polar surface area (TPSA) is 61.8 Å². The highest BCUT2D eigenvalue weighted by molar-refractivity contribution is 5.63. The van der Waals surface area contributed by atoms with Crippen molar-refractivity contribution in [2.75, 3.05) is 0 Å². The average Bonchev–Trinajstić information content (AvgIpc) is 2.86. The zero-order valence-electron chi connectivity index (χ0n) is 10.2. The summed E-state index contributed by atoms with van der Waals surface area (Å²) in [6, 6.07) is 5.58. The Kier molecular flexibility index (Phi) is 3.77. The molecule has 0 aliphatic heterocycles. The van der Waals surface area contributed by atoms with Crippen molar-refractivity contribution in [2.24, 2.45) is 0 Å². The molecule has 2 aromatic rings. The Labute approximate surface area is 112 Å². The highest BCUT2D eigenvalue weighted by Gasteiger charge is 2.33. The Bertz CT molecular complexity index is 656. The predicted molar refractivity (Wildman–Crippen MR) is 64.2 cm³/mol. The molecule has 1 aromatic heterocycles. The average molecular weight is 281 g/mol. The largest absolute Gasteiger partial charge is 0.416 e. The molecule has 4 nitrogen and oxygen atoms in total. The molecule has 20 heavy (non-hydrogen) atoms. The van der Waals surface area contributed by atoms with Crippen molar-refractivity contribution in [3.05, 3.63) is 41.7 Å². The molecule has 0 unspecified atom stereocenters. The van der Waals surface area contributed by atoms with E-state index in [-0.39, 0.29) is 12.1 Å². The molecule has 0 bridgehead atoms. The molecule has 0 amide bonds. The second-order valence-electron chi connectivity index (χ2n) is 4.11. The van der Waals surface area contributed by atoms with Gasteiger partial charge >= 0.3 is 6.18 Å². The van der Waals surface area contributed by atoms with Gasteiger partial charge in [-0.05, 0) is 17.2 Å². The van der Waals surface area contributed by atoms with Gasteiger partial charge in [0.2, 0.25) is 0 Å². The van der Waals surface area contributed by atoms with Crippen molar-refractivity contribution in [2.45, 2.75) is 19.3 Å². The number of nitriles is 1. The smallest absolute Gasteiger partial charge is 0.392 e. The highest BCUT2D eigenvalue weighted by atomic mass is 19.4. The molecule has 1 aromatic carbocycles. The summed E-state index contributed by atoms with van der Waals surface area (Å²) in [6.07, 6.45) is -1.64. The minimum Gasteiger partial charge on any atom is -0.392 e. The van der Waals surface area contributed by atoms with Gasteiger partial charge in [-0.3, -0.25) is 4.68 Å². The van der Waals surface area contributed by atoms with Crippen LogP contribution in [0, 0.1) is 11.3 Å². The minimum absolute atomic E-state index is 0.0286. The molecule has 0 fully saturated rings. The fraction of sp³-hybridized carbons (Fsp3) is 0.231. The van der Waals surface area contributed by atoms with Gasteiger partial charge in [0, 0.05) is 11.8 Å². The van der Waals surface area contributed by atoms with Gasteiger partial charge in [-0.25, -0.2) is 0 Å². The zero-order valence-corrected chi connectivity index (χ0v) is 10.2. The number of alkyl halides is 3. The van der Waals surface area contributed by atoms with Crippen LogP contribution in [0.3, 0.4) is 0 Å². The lowest BCUT2D eigenvalue weighted by atomic mass is 10.0. The fourth-order valence-corrected chi connectivity index (χ4v) is 1.83. The van der Waals surface area contributed by atoms with E-state index in [1.807, 2.05) is 6.07 Å². The van der Waals surface area contributed by atoms with E-state index in [0.29, 0.717) is 11.1 Å². The second-order valence-corrected chi connectivity index (χ2v) is 4.11. The third kappa shape index (κ3) is 2.81. The van der Waals surface area contributed by atoms with Crippen molar-refractivity contribution >= 4 is 0 Å². The van der Waals surface area contributed by atoms with Crippen molar-refractivity contribution < 1.29 is 18.3 Å². The first-order valence-electron chi connectivity index (χ1n) is 5.66. The Morgan fingerprint density at radius 3 is 2.65 bits per heavy atom. The number of halogens is 3. The van der Waals surface area contributed by atoms with Gasteiger partial charge in [-0.15, -0.1) is 0 Å². The van der Waals surface area contributed by atoms with Crippen LogP contribution in [0.1, 0.15) is 11.1 Å². The molecule has 0 aliphatic carbocycles. The Morgan fingerprint density at radius 2 is 2.05 bits per heavy atom. The maximum atomic E-state index is 12.9. The van der Waals surface area contributed by atoms with Crippen LogP contribution in [0.4, 0.5) is 13.2 Å². The molecule has 0 aliphatic rings. The van der Waals surface area contributed by atoms with Gasteiger partial charge < -0.3 is 5.11 Å². The maximum absolute atomic E-state index is 12.9. The summed E-state index contributed by atoms with van der Waals surface area (Å²) < 4.78 is 40.0. The van der Waals surface area contributed by atoms with E-state index in [1.54, 1.807) is 0 Å². The number of aliphatic hydroxyl groups is 1. The van der Waals surface area contributed by atoms with Crippen LogP contribution >= 0.6 is 0 Å². The molecule has 0 saturated carbocycles. The molecular formula is C13H10F3N3O. The van der Waals surface area contributed by atoms with Crippen LogP contribution in [0.25, 0.3) is 11.1 Å². The van der Waals surface area contributed by atoms with Gasteiger partial charge in [0.1, 0.15) is 6.54 Å². The van der Waals surface area contributed by atoms with Crippen molar-refractivity contribution in [3.63, 3.8) is 0 Å². The summed E-state index contributed by atoms with van der Waals surface area (Å²) in [5, 5.41) is 21.4. The number of nitrogens with zero attached hydrogens (tertiary/aromatic N) is 3. The molecule has 1 heterocycles. The Morgan fingerprint density at radius 1 is 1.30 bits per heavy atom. The first-order chi connectivity index (χ1) is 9.45. The lowest BCUT2D eigenvalue weighted by Gasteiger charge is -2.12. The minimum atomic E-state index is -4.53. The maximum Gasteiger partial charge on any atom is 0.416 e. The summed E-state index contributed by atoms with van der Waals surface area (Å²) in [6.45, 7) is -0.649. The van der Waals surface area contributed by atoms with E-state index in [9.17, 15) is 13.2 Å². The van der Waals surface area contributed by atoms with Crippen molar-refractivity contribution in [3.8, 4) is 17.2 Å². The molecule has 0 radical (unpaired) electrons. The molecule has 0 atom stereocenters. The number of hydrogen-bond acceptors (Lipinski definition) is 3. The normalized spacial score (nSPS) is 11.3. The summed E-state index contributed by atoms with van der Waals surface area (Å²) in [7, 11) is 0. The Balaban J connectivity index is 2.45. The van der Waals surface area contributed by atoms with Crippen LogP contribution in [0.5, 0.6) is 0 Å². The summed E-state index contributed by atoms with van der Waals surface area (Å²) in [4.78, 5) is 0. The van der Waals surface area contributed by atoms with Crippen LogP contribution in [0.15, 0.2) is 30.6 Å². The van der Waals surface area contributed by atoms with Gasteiger partial charge in [0.25, 0.3) is 0 Å². The molecule has 104 valence electrons. The van der Waals surface area contributed by atoms with E-state index in [0.717, 1.165) is 6.07 Å². The molecule has 0 saturated heterocycles. The van der Waals surface area contributed by atoms with Gasteiger partial charge in [-0.1, -0.05) is 12.1 Å². The van der Waals surface area contributed by atoms with E-state index >= 15 is 0 Å². The summed E-state index contributed by atoms with van der Waals surface area (Å²) in [5.41, 5.74) is -0.231. The third-order valence-electron chi connectivity index (χ3n) is 2.78. The van der Waals surface area contributed by atoms with E-state index in [4.69, 9.17) is 10.4 Å². The number of aromatic nitrogens is 2. The predicted octanol–water partition coefficient (Wildman–Crippen LogP) is 2.58. The summed E-state index contributed by atoms with van der Waals surface area (Å²) >= 11 is 0. The van der Waals surface area contributed by atoms with Crippen molar-refractivity contribution in [1.82, 2.24) is 9.78 Å². The first kappa shape index (κ1) is 14.1. The fourth-order valence-electron chi connectivity index (χ4n) is 1.83. The first-order valence-corrected chi connectivity index (χ1v) is 5.66. The number of hydrogen-bond donors (Lipinski definition) is 1. The molecule has 0 spiro atoms. The standard InChI is InChI=1S/C13H10F3N3O/c14-13(15,16)12-5-9(1-2-10(12)8-20)11-6-18-19(7-11)4-3-17/h1-2,5-7,20H,4,8H2. The van der Waals surface area contributed by atoms with Crippen LogP contribution in [-0.4, -0.2) is 14.9 Å². The zero-order chi connectivity index (χ0) is 14.8. The molecule has 1 N–H and O–H groups in total. The number of aliphatic hydroxyl groups excluding tert-OH is 1. The lowest BCUT2D eigenvalue weighted by Crippen LogP contribution is -2.09. The number of benzene rings is 1. The van der Waals surface area contributed by atoms with E-state index < -0.39 is 18.3 Å². The quantitative estimate of drug-likeness (QED) is 0.940. The molecular weight excluding hydrogens is 271 g/mol. The monoisotopic (exact) mass is 281 g/mol. The van der Waals surface area contributed by atoms with Crippen LogP contribution in [-0.2, 0) is 19.3 Å². The molecule has 2 rings (SSSR count).